The molecule has 0 radical (unpaired) electrons. The van der Waals surface area contributed by atoms with Gasteiger partial charge in [0, 0.05) is 0 Å². The topological polar surface area (TPSA) is 61.0 Å². The second-order valence-electron chi connectivity index (χ2n) is 6.06. The lowest BCUT2D eigenvalue weighted by molar-refractivity contribution is -0.921. The number of hydrogen-bond acceptors (Lipinski definition) is 4. The number of para-hydroxylation sites is 1. The van der Waals surface area contributed by atoms with E-state index in [1.54, 1.807) is 18.4 Å². The van der Waals surface area contributed by atoms with Gasteiger partial charge in [0.15, 0.2) is 0 Å². The Labute approximate surface area is 134 Å². The van der Waals surface area contributed by atoms with Crippen molar-refractivity contribution in [3.8, 4) is 0 Å². The Morgan fingerprint density at radius 3 is 3.04 bits per heavy atom. The number of carbonyl (C=O) groups excluding carboxylic acids is 1. The van der Waals surface area contributed by atoms with E-state index in [4.69, 9.17) is 9.15 Å². The zero-order valence-electron chi connectivity index (χ0n) is 13.3. The van der Waals surface area contributed by atoms with Crippen LogP contribution in [0, 0.1) is 5.92 Å². The van der Waals surface area contributed by atoms with Gasteiger partial charge in [0.1, 0.15) is 24.3 Å². The number of ether oxygens (including phenoxy) is 1. The van der Waals surface area contributed by atoms with E-state index in [2.05, 4.69) is 0 Å². The van der Waals surface area contributed by atoms with E-state index < -0.39 is 0 Å². The number of carbonyl (C=O) groups is 1. The highest BCUT2D eigenvalue weighted by molar-refractivity contribution is 5.76. The molecule has 0 bridgehead atoms. The van der Waals surface area contributed by atoms with Crippen molar-refractivity contribution in [1.82, 2.24) is 0 Å². The van der Waals surface area contributed by atoms with E-state index in [9.17, 15) is 9.59 Å². The normalized spacial score (nSPS) is 21.3. The Morgan fingerprint density at radius 2 is 2.22 bits per heavy atom. The molecule has 1 N–H and O–H groups in total. The number of piperidine rings is 1. The van der Waals surface area contributed by atoms with Gasteiger partial charge in [0.25, 0.3) is 0 Å². The Bertz CT molecular complexity index is 752. The van der Waals surface area contributed by atoms with Crippen LogP contribution in [0.2, 0.25) is 0 Å². The summed E-state index contributed by atoms with van der Waals surface area (Å²) >= 11 is 0. The lowest BCUT2D eigenvalue weighted by Crippen LogP contribution is -3.12. The van der Waals surface area contributed by atoms with E-state index >= 15 is 0 Å². The Balaban J connectivity index is 1.75. The van der Waals surface area contributed by atoms with Gasteiger partial charge in [0.2, 0.25) is 5.43 Å². The maximum Gasteiger partial charge on any atom is 0.314 e. The van der Waals surface area contributed by atoms with Crippen molar-refractivity contribution >= 4 is 16.9 Å². The Kier molecular flexibility index (Phi) is 4.76. The monoisotopic (exact) mass is 316 g/mol. The number of benzene rings is 1. The second kappa shape index (κ2) is 6.96. The molecule has 1 saturated heterocycles. The Hall–Kier alpha value is -2.14. The second-order valence-corrected chi connectivity index (χ2v) is 6.06. The molecule has 2 atom stereocenters. The molecule has 5 nitrogen and oxygen atoms in total. The number of esters is 1. The number of rotatable bonds is 4. The number of likely N-dealkylation sites (tertiary alicyclic amines) is 1. The van der Waals surface area contributed by atoms with Crippen molar-refractivity contribution in [3.63, 3.8) is 0 Å². The van der Waals surface area contributed by atoms with E-state index in [0.717, 1.165) is 19.4 Å². The quantitative estimate of drug-likeness (QED) is 0.860. The van der Waals surface area contributed by atoms with E-state index in [1.807, 2.05) is 19.1 Å². The molecule has 5 heteroatoms. The van der Waals surface area contributed by atoms with Crippen LogP contribution in [-0.2, 0) is 16.1 Å². The minimum Gasteiger partial charge on any atom is -0.466 e. The van der Waals surface area contributed by atoms with Gasteiger partial charge in [-0.05, 0) is 31.9 Å². The molecule has 0 spiro atoms. The molecule has 1 unspecified atom stereocenters. The van der Waals surface area contributed by atoms with Crippen LogP contribution in [0.1, 0.15) is 25.3 Å². The highest BCUT2D eigenvalue weighted by atomic mass is 16.5. The third kappa shape index (κ3) is 3.45. The molecule has 1 fully saturated rings. The molecular formula is C18H22NO4+. The van der Waals surface area contributed by atoms with Gasteiger partial charge in [0.05, 0.1) is 30.6 Å². The molecule has 2 aromatic rings. The first-order valence-corrected chi connectivity index (χ1v) is 8.18. The highest BCUT2D eigenvalue weighted by Crippen LogP contribution is 2.12. The fourth-order valence-electron chi connectivity index (χ4n) is 3.28. The standard InChI is InChI=1S/C18H21NO4/c1-2-22-18(21)13-6-5-9-19(10-13)11-14-12-23-16-8-4-3-7-15(16)17(14)20/h3-4,7-8,12-13H,2,5-6,9-11H2,1H3/p+1/t13-/m1/s1. The van der Waals surface area contributed by atoms with Crippen LogP contribution in [-0.4, -0.2) is 25.7 Å². The van der Waals surface area contributed by atoms with Crippen molar-refractivity contribution in [1.29, 1.82) is 0 Å². The van der Waals surface area contributed by atoms with Gasteiger partial charge in [-0.25, -0.2) is 0 Å². The summed E-state index contributed by atoms with van der Waals surface area (Å²) in [6.07, 6.45) is 3.40. The number of nitrogens with one attached hydrogen (secondary N) is 1. The zero-order valence-corrected chi connectivity index (χ0v) is 13.3. The van der Waals surface area contributed by atoms with Gasteiger partial charge < -0.3 is 14.1 Å². The summed E-state index contributed by atoms with van der Waals surface area (Å²) < 4.78 is 10.7. The largest absolute Gasteiger partial charge is 0.466 e. The number of hydrogen-bond donors (Lipinski definition) is 1. The summed E-state index contributed by atoms with van der Waals surface area (Å²) in [4.78, 5) is 25.7. The van der Waals surface area contributed by atoms with Crippen molar-refractivity contribution in [3.05, 3.63) is 46.3 Å². The SMILES string of the molecule is CCOC(=O)[C@@H]1CCC[NH+](Cc2coc3ccccc3c2=O)C1. The van der Waals surface area contributed by atoms with Crippen molar-refractivity contribution in [2.75, 3.05) is 19.7 Å². The molecule has 2 heterocycles. The maximum atomic E-state index is 12.6. The minimum atomic E-state index is -0.116. The highest BCUT2D eigenvalue weighted by Gasteiger charge is 2.30. The van der Waals surface area contributed by atoms with Crippen LogP contribution in [0.15, 0.2) is 39.7 Å². The van der Waals surface area contributed by atoms with Crippen molar-refractivity contribution in [2.45, 2.75) is 26.3 Å². The molecule has 23 heavy (non-hydrogen) atoms. The molecule has 1 aromatic heterocycles. The average Bonchev–Trinajstić information content (AvgIpc) is 2.58. The summed E-state index contributed by atoms with van der Waals surface area (Å²) in [7, 11) is 0. The van der Waals surface area contributed by atoms with Crippen molar-refractivity contribution in [2.24, 2.45) is 5.92 Å². The van der Waals surface area contributed by atoms with Crippen LogP contribution >= 0.6 is 0 Å². The fourth-order valence-corrected chi connectivity index (χ4v) is 3.28. The predicted molar refractivity (Wildman–Crippen MR) is 86.2 cm³/mol. The third-order valence-corrected chi connectivity index (χ3v) is 4.43. The summed E-state index contributed by atoms with van der Waals surface area (Å²) in [6.45, 7) is 4.50. The van der Waals surface area contributed by atoms with Gasteiger partial charge in [-0.15, -0.1) is 0 Å². The van der Waals surface area contributed by atoms with Crippen LogP contribution < -0.4 is 10.3 Å². The molecule has 122 valence electrons. The maximum absolute atomic E-state index is 12.6. The van der Waals surface area contributed by atoms with Crippen LogP contribution in [0.5, 0.6) is 0 Å². The third-order valence-electron chi connectivity index (χ3n) is 4.43. The van der Waals surface area contributed by atoms with Gasteiger partial charge in [-0.1, -0.05) is 12.1 Å². The van der Waals surface area contributed by atoms with Crippen LogP contribution in [0.4, 0.5) is 0 Å². The summed E-state index contributed by atoms with van der Waals surface area (Å²) in [5.74, 6) is -0.179. The molecule has 0 saturated carbocycles. The first-order valence-electron chi connectivity index (χ1n) is 8.18. The first-order chi connectivity index (χ1) is 11.2. The molecule has 3 rings (SSSR count). The summed E-state index contributed by atoms with van der Waals surface area (Å²) in [6, 6.07) is 7.28. The van der Waals surface area contributed by atoms with E-state index in [1.165, 1.54) is 4.90 Å². The average molecular weight is 316 g/mol. The van der Waals surface area contributed by atoms with Gasteiger partial charge >= 0.3 is 5.97 Å². The molecule has 1 aliphatic rings. The molecule has 1 aliphatic heterocycles. The van der Waals surface area contributed by atoms with E-state index in [-0.39, 0.29) is 17.3 Å². The van der Waals surface area contributed by atoms with Crippen molar-refractivity contribution < 1.29 is 18.8 Å². The minimum absolute atomic E-state index is 0.0256. The summed E-state index contributed by atoms with van der Waals surface area (Å²) in [5.41, 5.74) is 1.31. The Morgan fingerprint density at radius 1 is 1.39 bits per heavy atom. The number of fused-ring (bicyclic) bond motifs is 1. The molecule has 0 aliphatic carbocycles. The smallest absolute Gasteiger partial charge is 0.314 e. The predicted octanol–water partition coefficient (Wildman–Crippen LogP) is 1.15. The lowest BCUT2D eigenvalue weighted by Gasteiger charge is -2.28. The zero-order chi connectivity index (χ0) is 16.2. The number of quaternary nitrogens is 1. The molecule has 1 aromatic carbocycles. The van der Waals surface area contributed by atoms with Crippen LogP contribution in [0.3, 0.4) is 0 Å². The first kappa shape index (κ1) is 15.7. The molecule has 0 amide bonds. The van der Waals surface area contributed by atoms with E-state index in [0.29, 0.717) is 36.2 Å². The molecular weight excluding hydrogens is 294 g/mol. The van der Waals surface area contributed by atoms with Gasteiger partial charge in [-0.2, -0.15) is 0 Å². The van der Waals surface area contributed by atoms with Gasteiger partial charge in [-0.3, -0.25) is 9.59 Å². The van der Waals surface area contributed by atoms with Crippen LogP contribution in [0.25, 0.3) is 11.0 Å². The summed E-state index contributed by atoms with van der Waals surface area (Å²) in [5, 5.41) is 0.614. The fraction of sp³-hybridized carbons (Fsp3) is 0.444. The lowest BCUT2D eigenvalue weighted by atomic mass is 9.98.